The van der Waals surface area contributed by atoms with Gasteiger partial charge in [0, 0.05) is 20.6 Å². The Morgan fingerprint density at radius 3 is 2.50 bits per heavy atom. The molecule has 0 saturated carbocycles. The van der Waals surface area contributed by atoms with Gasteiger partial charge in [0.2, 0.25) is 0 Å². The highest BCUT2D eigenvalue weighted by Gasteiger charge is 2.23. The molecule has 164 valence electrons. The minimum atomic E-state index is -3.10. The third-order valence-corrected chi connectivity index (χ3v) is 6.75. The van der Waals surface area contributed by atoms with E-state index in [4.69, 9.17) is 9.05 Å². The molecule has 0 unspecified atom stereocenters. The van der Waals surface area contributed by atoms with Crippen LogP contribution in [0.3, 0.4) is 0 Å². The Kier molecular flexibility index (Phi) is 6.69. The lowest BCUT2D eigenvalue weighted by Crippen LogP contribution is -2.39. The van der Waals surface area contributed by atoms with Crippen LogP contribution in [0.5, 0.6) is 0 Å². The lowest BCUT2D eigenvalue weighted by Gasteiger charge is -2.16. The van der Waals surface area contributed by atoms with Crippen molar-refractivity contribution in [3.8, 4) is 0 Å². The summed E-state index contributed by atoms with van der Waals surface area (Å²) in [4.78, 5) is 29.5. The van der Waals surface area contributed by atoms with Crippen molar-refractivity contribution in [1.82, 2.24) is 33.7 Å². The molecule has 0 fully saturated rings. The van der Waals surface area contributed by atoms with E-state index in [1.807, 2.05) is 0 Å². The SMILES string of the molecule is CCOP(=O)(CCCn1cc(Cn2c(=O)c3c(ncn3C)n(C)c2=O)nn1)OCC. The van der Waals surface area contributed by atoms with Crippen molar-refractivity contribution < 1.29 is 13.6 Å². The van der Waals surface area contributed by atoms with Gasteiger partial charge >= 0.3 is 13.3 Å². The summed E-state index contributed by atoms with van der Waals surface area (Å²) in [6.07, 6.45) is 3.94. The van der Waals surface area contributed by atoms with Gasteiger partial charge in [-0.2, -0.15) is 0 Å². The summed E-state index contributed by atoms with van der Waals surface area (Å²) in [6.45, 7) is 4.60. The Labute approximate surface area is 172 Å². The monoisotopic (exact) mass is 439 g/mol. The molecule has 3 heterocycles. The van der Waals surface area contributed by atoms with Crippen molar-refractivity contribution in [3.05, 3.63) is 39.1 Å². The zero-order valence-electron chi connectivity index (χ0n) is 17.5. The summed E-state index contributed by atoms with van der Waals surface area (Å²) in [7, 11) is 0.164. The predicted molar refractivity (Wildman–Crippen MR) is 110 cm³/mol. The minimum absolute atomic E-state index is 0.0109. The summed E-state index contributed by atoms with van der Waals surface area (Å²) < 4.78 is 28.6. The van der Waals surface area contributed by atoms with Gasteiger partial charge in [-0.05, 0) is 20.3 Å². The van der Waals surface area contributed by atoms with Crippen LogP contribution in [0.15, 0.2) is 22.1 Å². The molecule has 0 N–H and O–H groups in total. The molecule has 0 radical (unpaired) electrons. The molecule has 0 bridgehead atoms. The molecule has 0 aliphatic rings. The first-order valence-electron chi connectivity index (χ1n) is 9.67. The standard InChI is InChI=1S/C17H26N7O5P/c1-5-28-30(27,29-6-2)9-7-8-23-10-13(19-20-23)11-24-16(25)14-15(18-12-21(14)3)22(4)17(24)26/h10,12H,5-9,11H2,1-4H3. The fraction of sp³-hybridized carbons (Fsp3) is 0.588. The predicted octanol–water partition coefficient (Wildman–Crippen LogP) is 0.730. The Bertz CT molecular complexity index is 1180. The first-order chi connectivity index (χ1) is 14.3. The Morgan fingerprint density at radius 2 is 1.83 bits per heavy atom. The van der Waals surface area contributed by atoms with Crippen LogP contribution in [-0.4, -0.2) is 53.1 Å². The zero-order chi connectivity index (χ0) is 21.9. The molecule has 0 atom stereocenters. The zero-order valence-corrected chi connectivity index (χ0v) is 18.4. The average molecular weight is 439 g/mol. The van der Waals surface area contributed by atoms with E-state index in [1.165, 1.54) is 10.9 Å². The number of hydrogen-bond acceptors (Lipinski definition) is 8. The largest absolute Gasteiger partial charge is 0.332 e. The summed E-state index contributed by atoms with van der Waals surface area (Å²) in [5, 5.41) is 8.08. The molecule has 0 aliphatic heterocycles. The molecule has 0 aromatic carbocycles. The highest BCUT2D eigenvalue weighted by atomic mass is 31.2. The van der Waals surface area contributed by atoms with Crippen molar-refractivity contribution in [2.75, 3.05) is 19.4 Å². The normalized spacial score (nSPS) is 12.1. The van der Waals surface area contributed by atoms with Crippen molar-refractivity contribution in [2.24, 2.45) is 14.1 Å². The Hall–Kier alpha value is -2.56. The molecule has 3 aromatic rings. The molecule has 3 aromatic heterocycles. The number of fused-ring (bicyclic) bond motifs is 1. The van der Waals surface area contributed by atoms with E-state index in [1.54, 1.807) is 43.4 Å². The second-order valence-corrected chi connectivity index (χ2v) is 8.94. The van der Waals surface area contributed by atoms with Gasteiger partial charge in [0.25, 0.3) is 5.56 Å². The van der Waals surface area contributed by atoms with Crippen LogP contribution in [0, 0.1) is 0 Å². The summed E-state index contributed by atoms with van der Waals surface area (Å²) in [5.74, 6) is 0. The fourth-order valence-electron chi connectivity index (χ4n) is 3.20. The molecular weight excluding hydrogens is 413 g/mol. The number of nitrogens with zero attached hydrogens (tertiary/aromatic N) is 7. The lowest BCUT2D eigenvalue weighted by atomic mass is 10.4. The van der Waals surface area contributed by atoms with E-state index in [9.17, 15) is 14.2 Å². The van der Waals surface area contributed by atoms with Gasteiger partial charge in [0.15, 0.2) is 11.2 Å². The van der Waals surface area contributed by atoms with E-state index in [0.717, 1.165) is 4.57 Å². The average Bonchev–Trinajstić information content (AvgIpc) is 3.30. The van der Waals surface area contributed by atoms with E-state index in [2.05, 4.69) is 15.3 Å². The Balaban J connectivity index is 1.74. The van der Waals surface area contributed by atoms with Crippen LogP contribution in [0.4, 0.5) is 0 Å². The van der Waals surface area contributed by atoms with E-state index >= 15 is 0 Å². The fourth-order valence-corrected chi connectivity index (χ4v) is 4.85. The molecule has 3 rings (SSSR count). The second-order valence-electron chi connectivity index (χ2n) is 6.76. The first kappa shape index (κ1) is 22.1. The van der Waals surface area contributed by atoms with Crippen LogP contribution >= 0.6 is 7.60 Å². The third kappa shape index (κ3) is 4.45. The smallest absolute Gasteiger partial charge is 0.328 e. The summed E-state index contributed by atoms with van der Waals surface area (Å²) >= 11 is 0. The van der Waals surface area contributed by atoms with Crippen LogP contribution in [0.1, 0.15) is 26.0 Å². The van der Waals surface area contributed by atoms with Crippen LogP contribution in [-0.2, 0) is 40.8 Å². The molecule has 0 spiro atoms. The summed E-state index contributed by atoms with van der Waals surface area (Å²) in [5.41, 5.74) is 0.230. The van der Waals surface area contributed by atoms with Gasteiger partial charge in [-0.1, -0.05) is 5.21 Å². The molecular formula is C17H26N7O5P. The van der Waals surface area contributed by atoms with E-state index < -0.39 is 18.8 Å². The number of imidazole rings is 1. The van der Waals surface area contributed by atoms with Crippen LogP contribution < -0.4 is 11.2 Å². The highest BCUT2D eigenvalue weighted by Crippen LogP contribution is 2.48. The maximum Gasteiger partial charge on any atom is 0.332 e. The molecule has 0 aliphatic carbocycles. The van der Waals surface area contributed by atoms with Gasteiger partial charge < -0.3 is 13.6 Å². The van der Waals surface area contributed by atoms with Crippen LogP contribution in [0.2, 0.25) is 0 Å². The van der Waals surface area contributed by atoms with Gasteiger partial charge in [-0.15, -0.1) is 5.10 Å². The number of hydrogen-bond donors (Lipinski definition) is 0. The van der Waals surface area contributed by atoms with Gasteiger partial charge in [-0.3, -0.25) is 23.2 Å². The van der Waals surface area contributed by atoms with Gasteiger partial charge in [0.1, 0.15) is 5.69 Å². The maximum absolute atomic E-state index is 12.8. The van der Waals surface area contributed by atoms with Crippen molar-refractivity contribution in [1.29, 1.82) is 0 Å². The van der Waals surface area contributed by atoms with Crippen LogP contribution in [0.25, 0.3) is 11.2 Å². The molecule has 0 amide bonds. The number of aromatic nitrogens is 7. The summed E-state index contributed by atoms with van der Waals surface area (Å²) in [6, 6.07) is 0. The molecule has 30 heavy (non-hydrogen) atoms. The van der Waals surface area contributed by atoms with Gasteiger partial charge in [-0.25, -0.2) is 9.78 Å². The van der Waals surface area contributed by atoms with Crippen molar-refractivity contribution >= 4 is 18.8 Å². The molecule has 0 saturated heterocycles. The van der Waals surface area contributed by atoms with Crippen molar-refractivity contribution in [3.63, 3.8) is 0 Å². The van der Waals surface area contributed by atoms with E-state index in [0.29, 0.717) is 43.0 Å². The second kappa shape index (κ2) is 9.07. The van der Waals surface area contributed by atoms with Gasteiger partial charge in [0.05, 0.1) is 38.4 Å². The minimum Gasteiger partial charge on any atom is -0.328 e. The lowest BCUT2D eigenvalue weighted by molar-refractivity contribution is 0.219. The van der Waals surface area contributed by atoms with Crippen molar-refractivity contribution in [2.45, 2.75) is 33.4 Å². The maximum atomic E-state index is 12.8. The third-order valence-electron chi connectivity index (χ3n) is 4.58. The highest BCUT2D eigenvalue weighted by molar-refractivity contribution is 7.53. The number of aryl methyl sites for hydroxylation is 3. The first-order valence-corrected chi connectivity index (χ1v) is 11.4. The molecule has 13 heteroatoms. The molecule has 12 nitrogen and oxygen atoms in total. The van der Waals surface area contributed by atoms with E-state index in [-0.39, 0.29) is 12.7 Å². The topological polar surface area (TPSA) is 128 Å². The number of rotatable bonds is 10. The Morgan fingerprint density at radius 1 is 1.13 bits per heavy atom. The quantitative estimate of drug-likeness (QED) is 0.423.